The van der Waals surface area contributed by atoms with Crippen molar-refractivity contribution in [2.24, 2.45) is 28.4 Å². The smallest absolute Gasteiger partial charge is 0.338 e. The van der Waals surface area contributed by atoms with Crippen molar-refractivity contribution < 1.29 is 57.9 Å². The van der Waals surface area contributed by atoms with Gasteiger partial charge in [0.05, 0.1) is 35.7 Å². The zero-order valence-electron chi connectivity index (χ0n) is 30.1. The van der Waals surface area contributed by atoms with Crippen LogP contribution in [0.1, 0.15) is 85.0 Å². The number of aliphatic hydroxyl groups is 2. The van der Waals surface area contributed by atoms with E-state index in [9.17, 15) is 34.2 Å². The van der Waals surface area contributed by atoms with Crippen molar-refractivity contribution >= 4 is 29.7 Å². The fourth-order valence-electron chi connectivity index (χ4n) is 7.84. The summed E-state index contributed by atoms with van der Waals surface area (Å²) in [5.41, 5.74) is 1.52. The van der Waals surface area contributed by atoms with Crippen LogP contribution in [0.5, 0.6) is 0 Å². The minimum Gasteiger partial charge on any atom is -0.463 e. The topological polar surface area (TPSA) is 198 Å². The predicted octanol–water partition coefficient (Wildman–Crippen LogP) is 2.82. The summed E-state index contributed by atoms with van der Waals surface area (Å²) in [6, 6.07) is 7.58. The molecule has 1 aromatic rings. The molecule has 1 aromatic carbocycles. The average molecular weight is 702 g/mol. The highest BCUT2D eigenvalue weighted by Gasteiger charge is 2.70. The van der Waals surface area contributed by atoms with Crippen molar-refractivity contribution in [3.05, 3.63) is 47.0 Å². The van der Waals surface area contributed by atoms with Crippen LogP contribution in [0.2, 0.25) is 0 Å². The van der Waals surface area contributed by atoms with Crippen LogP contribution in [-0.2, 0) is 42.9 Å². The van der Waals surface area contributed by atoms with E-state index in [1.165, 1.54) is 13.8 Å². The number of carbonyl (C=O) groups is 5. The fourth-order valence-corrected chi connectivity index (χ4v) is 7.84. The molecule has 4 N–H and O–H groups in total. The Balaban J connectivity index is 1.95. The summed E-state index contributed by atoms with van der Waals surface area (Å²) in [5, 5.41) is 25.1. The largest absolute Gasteiger partial charge is 0.463 e. The van der Waals surface area contributed by atoms with E-state index in [4.69, 9.17) is 29.4 Å². The van der Waals surface area contributed by atoms with Gasteiger partial charge in [-0.15, -0.1) is 0 Å². The molecule has 10 atom stereocenters. The molecule has 0 heterocycles. The molecule has 50 heavy (non-hydrogen) atoms. The van der Waals surface area contributed by atoms with E-state index in [1.54, 1.807) is 65.0 Å². The van der Waals surface area contributed by atoms with Crippen LogP contribution >= 0.6 is 0 Å². The maximum atomic E-state index is 15.0. The van der Waals surface area contributed by atoms with Gasteiger partial charge in [0, 0.05) is 44.1 Å². The number of hydrogen-bond acceptors (Lipinski definition) is 13. The average Bonchev–Trinajstić information content (AvgIpc) is 3.04. The summed E-state index contributed by atoms with van der Waals surface area (Å²) in [6.45, 7) is 12.1. The molecular weight excluding hydrogens is 650 g/mol. The third-order valence-corrected chi connectivity index (χ3v) is 11.2. The Labute approximate surface area is 292 Å². The summed E-state index contributed by atoms with van der Waals surface area (Å²) >= 11 is 0. The standard InChI is InChI=1S/C37H51NO12/c1-19(21(3)38)33(43)49-27-18-37(45)32(50-34(44)24-12-10-9-11-13-24)26-16-25(47-15-14-46-22(4)39)17-28(41)36(26,8)31(42)30(48-23(5)40)29(20(27)2)35(37,6)7/h9-13,19,21,25-28,30,32,41,45H,14-18,38H2,1-8H3/t19?,21-,25-,26-,27-,28-,30+,32-,36-,37+/m0/s1. The number of benzene rings is 1. The van der Waals surface area contributed by atoms with Crippen LogP contribution in [0, 0.1) is 22.7 Å². The Hall–Kier alpha value is -3.65. The molecule has 1 unspecified atom stereocenters. The number of hydrogen-bond donors (Lipinski definition) is 3. The molecule has 13 nitrogen and oxygen atoms in total. The quantitative estimate of drug-likeness (QED) is 0.139. The monoisotopic (exact) mass is 701 g/mol. The number of Topliss-reactive ketones (excluding diaryl/α,β-unsaturated/α-hetero) is 1. The predicted molar refractivity (Wildman–Crippen MR) is 178 cm³/mol. The highest BCUT2D eigenvalue weighted by atomic mass is 16.6. The molecule has 0 aliphatic heterocycles. The van der Waals surface area contributed by atoms with Crippen molar-refractivity contribution in [1.29, 1.82) is 0 Å². The lowest BCUT2D eigenvalue weighted by Crippen LogP contribution is -2.71. The lowest BCUT2D eigenvalue weighted by molar-refractivity contribution is -0.231. The van der Waals surface area contributed by atoms with E-state index in [0.717, 1.165) is 6.92 Å². The molecule has 0 saturated heterocycles. The van der Waals surface area contributed by atoms with Crippen LogP contribution in [0.3, 0.4) is 0 Å². The second-order valence-electron chi connectivity index (χ2n) is 14.7. The zero-order valence-corrected chi connectivity index (χ0v) is 30.1. The summed E-state index contributed by atoms with van der Waals surface area (Å²) in [4.78, 5) is 66.2. The Morgan fingerprint density at radius 1 is 0.960 bits per heavy atom. The van der Waals surface area contributed by atoms with E-state index in [2.05, 4.69) is 0 Å². The van der Waals surface area contributed by atoms with Gasteiger partial charge >= 0.3 is 23.9 Å². The van der Waals surface area contributed by atoms with Crippen LogP contribution in [0.4, 0.5) is 0 Å². The molecule has 0 amide bonds. The number of aliphatic hydroxyl groups excluding tert-OH is 1. The molecule has 0 aromatic heterocycles. The third kappa shape index (κ3) is 7.23. The van der Waals surface area contributed by atoms with E-state index in [0.29, 0.717) is 5.57 Å². The minimum absolute atomic E-state index is 0.0154. The van der Waals surface area contributed by atoms with Gasteiger partial charge in [-0.3, -0.25) is 19.2 Å². The molecule has 3 aliphatic rings. The van der Waals surface area contributed by atoms with Gasteiger partial charge < -0.3 is 39.6 Å². The van der Waals surface area contributed by atoms with Gasteiger partial charge in [0.2, 0.25) is 0 Å². The highest BCUT2D eigenvalue weighted by molar-refractivity contribution is 5.95. The maximum absolute atomic E-state index is 15.0. The fraction of sp³-hybridized carbons (Fsp3) is 0.649. The highest BCUT2D eigenvalue weighted by Crippen LogP contribution is 2.60. The zero-order chi connectivity index (χ0) is 37.3. The normalized spacial score (nSPS) is 33.1. The summed E-state index contributed by atoms with van der Waals surface area (Å²) in [5.74, 6) is -5.19. The van der Waals surface area contributed by atoms with Crippen molar-refractivity contribution in [3.63, 3.8) is 0 Å². The van der Waals surface area contributed by atoms with Gasteiger partial charge in [0.25, 0.3) is 0 Å². The molecule has 276 valence electrons. The summed E-state index contributed by atoms with van der Waals surface area (Å²) in [7, 11) is 0. The number of fused-ring (bicyclic) bond motifs is 3. The Kier molecular flexibility index (Phi) is 11.7. The summed E-state index contributed by atoms with van der Waals surface area (Å²) in [6.07, 6.45) is -6.60. The number of carbonyl (C=O) groups excluding carboxylic acids is 5. The first-order valence-corrected chi connectivity index (χ1v) is 17.1. The van der Waals surface area contributed by atoms with Crippen molar-refractivity contribution in [1.82, 2.24) is 0 Å². The van der Waals surface area contributed by atoms with E-state index < -0.39 is 94.5 Å². The Bertz CT molecular complexity index is 1500. The second kappa shape index (κ2) is 14.9. The molecule has 3 aliphatic carbocycles. The van der Waals surface area contributed by atoms with E-state index in [1.807, 2.05) is 0 Å². The SMILES string of the molecule is CC(=O)OCCO[C@@H]1C[C@H](O)[C@@]2(C)C(=O)[C@H](OC(C)=O)C3=C(C)[C@@H](OC(=O)C(C)[C@H](C)N)C[C@@](O)([C@@H](OC(=O)c4ccccc4)[C@@H]2C1)C3(C)C. The molecule has 4 rings (SSSR count). The number of nitrogens with two attached hydrogens (primary N) is 1. The lowest BCUT2D eigenvalue weighted by atomic mass is 9.48. The van der Waals surface area contributed by atoms with Crippen molar-refractivity contribution in [2.45, 2.75) is 117 Å². The van der Waals surface area contributed by atoms with Gasteiger partial charge in [0.15, 0.2) is 11.9 Å². The first-order valence-electron chi connectivity index (χ1n) is 17.1. The molecule has 0 spiro atoms. The van der Waals surface area contributed by atoms with Gasteiger partial charge in [-0.2, -0.15) is 0 Å². The van der Waals surface area contributed by atoms with Crippen LogP contribution in [0.15, 0.2) is 41.5 Å². The third-order valence-electron chi connectivity index (χ3n) is 11.2. The summed E-state index contributed by atoms with van der Waals surface area (Å²) < 4.78 is 29.1. The molecule has 0 radical (unpaired) electrons. The van der Waals surface area contributed by atoms with Crippen LogP contribution in [-0.4, -0.2) is 95.3 Å². The van der Waals surface area contributed by atoms with E-state index in [-0.39, 0.29) is 43.6 Å². The lowest BCUT2D eigenvalue weighted by Gasteiger charge is -2.61. The number of rotatable bonds is 10. The van der Waals surface area contributed by atoms with Gasteiger partial charge in [-0.05, 0) is 50.5 Å². The molecular formula is C37H51NO12. The van der Waals surface area contributed by atoms with Gasteiger partial charge in [0.1, 0.15) is 24.4 Å². The Morgan fingerprint density at radius 3 is 2.18 bits per heavy atom. The van der Waals surface area contributed by atoms with Crippen molar-refractivity contribution in [3.8, 4) is 0 Å². The molecule has 13 heteroatoms. The van der Waals surface area contributed by atoms with E-state index >= 15 is 0 Å². The first-order chi connectivity index (χ1) is 23.3. The Morgan fingerprint density at radius 2 is 1.60 bits per heavy atom. The molecule has 2 fully saturated rings. The van der Waals surface area contributed by atoms with Crippen LogP contribution in [0.25, 0.3) is 0 Å². The molecule has 2 bridgehead atoms. The molecule has 2 saturated carbocycles. The van der Waals surface area contributed by atoms with Crippen molar-refractivity contribution in [2.75, 3.05) is 13.2 Å². The van der Waals surface area contributed by atoms with Crippen LogP contribution < -0.4 is 5.73 Å². The first kappa shape index (κ1) is 39.1. The number of esters is 4. The minimum atomic E-state index is -2.07. The number of ketones is 1. The number of ether oxygens (including phenoxy) is 5. The van der Waals surface area contributed by atoms with Gasteiger partial charge in [-0.1, -0.05) is 39.0 Å². The second-order valence-corrected chi connectivity index (χ2v) is 14.7. The van der Waals surface area contributed by atoms with Gasteiger partial charge in [-0.25, -0.2) is 4.79 Å². The maximum Gasteiger partial charge on any atom is 0.338 e.